The Kier molecular flexibility index (Phi) is 5.94. The predicted molar refractivity (Wildman–Crippen MR) is 115 cm³/mol. The summed E-state index contributed by atoms with van der Waals surface area (Å²) in [6.45, 7) is 1.09. The summed E-state index contributed by atoms with van der Waals surface area (Å²) in [4.78, 5) is 22.9. The number of nitrogen functional groups attached to an aromatic ring is 1. The molecule has 11 heteroatoms. The van der Waals surface area contributed by atoms with Crippen molar-refractivity contribution in [1.82, 2.24) is 15.3 Å². The van der Waals surface area contributed by atoms with Gasteiger partial charge in [0, 0.05) is 25.2 Å². The van der Waals surface area contributed by atoms with Crippen LogP contribution in [0.1, 0.15) is 31.2 Å². The van der Waals surface area contributed by atoms with Crippen LogP contribution in [0.15, 0.2) is 35.2 Å². The molecule has 2 aliphatic rings. The second-order valence-corrected chi connectivity index (χ2v) is 9.21. The number of hydrogen-bond acceptors (Lipinski definition) is 8. The Balaban J connectivity index is 1.35. The predicted octanol–water partition coefficient (Wildman–Crippen LogP) is 1.62. The van der Waals surface area contributed by atoms with Crippen molar-refractivity contribution in [1.29, 1.82) is 0 Å². The normalized spacial score (nSPS) is 18.7. The maximum Gasteiger partial charge on any atom is 0.332 e. The van der Waals surface area contributed by atoms with E-state index in [-0.39, 0.29) is 22.8 Å². The summed E-state index contributed by atoms with van der Waals surface area (Å²) in [5, 5.41) is 6.24. The van der Waals surface area contributed by atoms with Crippen LogP contribution in [0.25, 0.3) is 0 Å². The Bertz CT molecular complexity index is 1060. The average Bonchev–Trinajstić information content (AvgIpc) is 3.38. The molecule has 0 bridgehead atoms. The number of benzene rings is 1. The largest absolute Gasteiger partial charge is 0.368 e. The van der Waals surface area contributed by atoms with E-state index in [2.05, 4.69) is 20.6 Å². The maximum atomic E-state index is 13.0. The van der Waals surface area contributed by atoms with E-state index in [1.54, 1.807) is 12.1 Å². The highest BCUT2D eigenvalue weighted by Crippen LogP contribution is 2.29. The van der Waals surface area contributed by atoms with Gasteiger partial charge in [-0.3, -0.25) is 4.79 Å². The summed E-state index contributed by atoms with van der Waals surface area (Å²) >= 11 is 0. The quantitative estimate of drug-likeness (QED) is 0.520. The minimum absolute atomic E-state index is 0.102. The maximum absolute atomic E-state index is 13.0. The van der Waals surface area contributed by atoms with E-state index >= 15 is 0 Å². The van der Waals surface area contributed by atoms with Crippen LogP contribution >= 0.6 is 0 Å². The fraction of sp³-hybridized carbons (Fsp3) is 0.450. The highest BCUT2D eigenvalue weighted by molar-refractivity contribution is 7.86. The first-order valence-corrected chi connectivity index (χ1v) is 11.7. The van der Waals surface area contributed by atoms with Crippen LogP contribution in [0, 0.1) is 0 Å². The third-order valence-electron chi connectivity index (χ3n) is 5.43. The summed E-state index contributed by atoms with van der Waals surface area (Å²) in [6.07, 6.45) is 4.30. The van der Waals surface area contributed by atoms with Gasteiger partial charge in [-0.05, 0) is 49.8 Å². The molecule has 0 radical (unpaired) electrons. The van der Waals surface area contributed by atoms with Gasteiger partial charge in [0.2, 0.25) is 11.9 Å². The van der Waals surface area contributed by atoms with Crippen molar-refractivity contribution >= 4 is 33.7 Å². The summed E-state index contributed by atoms with van der Waals surface area (Å²) in [6, 6.07) is 7.44. The van der Waals surface area contributed by atoms with Gasteiger partial charge in [-0.1, -0.05) is 12.1 Å². The summed E-state index contributed by atoms with van der Waals surface area (Å²) in [5.41, 5.74) is 6.68. The number of hydrogen-bond donors (Lipinski definition) is 3. The number of amides is 1. The molecule has 9 nitrogen and oxygen atoms in total. The molecule has 1 saturated heterocycles. The summed E-state index contributed by atoms with van der Waals surface area (Å²) in [7, 11) is -4.71. The van der Waals surface area contributed by atoms with Crippen molar-refractivity contribution in [2.45, 2.75) is 49.1 Å². The summed E-state index contributed by atoms with van der Waals surface area (Å²) < 4.78 is 34.7. The van der Waals surface area contributed by atoms with E-state index in [0.717, 1.165) is 24.8 Å². The lowest BCUT2D eigenvalue weighted by Crippen LogP contribution is -2.44. The molecule has 2 heterocycles. The number of carbonyl (C=O) groups is 1. The molecule has 4 rings (SSSR count). The molecular formula is C20H25FN6O3S. The van der Waals surface area contributed by atoms with E-state index in [4.69, 9.17) is 5.73 Å². The van der Waals surface area contributed by atoms with Crippen molar-refractivity contribution in [2.75, 3.05) is 29.0 Å². The van der Waals surface area contributed by atoms with Gasteiger partial charge in [-0.2, -0.15) is 18.4 Å². The zero-order valence-corrected chi connectivity index (χ0v) is 17.7. The third kappa shape index (κ3) is 5.40. The third-order valence-corrected chi connectivity index (χ3v) is 6.26. The van der Waals surface area contributed by atoms with Gasteiger partial charge < -0.3 is 21.3 Å². The lowest BCUT2D eigenvalue weighted by atomic mass is 10.1. The SMILES string of the molecule is Nc1nc(NC2CC2)cc(N2CCCC2C(=O)NCCc2ccc(S(=O)(=O)F)cc2)n1. The number of nitrogens with two attached hydrogens (primary N) is 1. The van der Waals surface area contributed by atoms with Crippen molar-refractivity contribution in [3.8, 4) is 0 Å². The molecule has 2 aromatic rings. The van der Waals surface area contributed by atoms with Crippen molar-refractivity contribution in [3.05, 3.63) is 35.9 Å². The number of nitrogens with zero attached hydrogens (tertiary/aromatic N) is 3. The van der Waals surface area contributed by atoms with E-state index in [0.29, 0.717) is 43.6 Å². The molecule has 166 valence electrons. The number of nitrogens with one attached hydrogen (secondary N) is 2. The number of anilines is 3. The second-order valence-electron chi connectivity index (χ2n) is 7.86. The van der Waals surface area contributed by atoms with Crippen molar-refractivity contribution < 1.29 is 17.1 Å². The molecule has 1 saturated carbocycles. The zero-order chi connectivity index (χ0) is 22.0. The van der Waals surface area contributed by atoms with Crippen LogP contribution in [-0.2, 0) is 21.4 Å². The Labute approximate surface area is 180 Å². The Morgan fingerprint density at radius 1 is 1.19 bits per heavy atom. The van der Waals surface area contributed by atoms with Gasteiger partial charge in [0.25, 0.3) is 0 Å². The number of rotatable bonds is 8. The van der Waals surface area contributed by atoms with Crippen LogP contribution in [0.2, 0.25) is 0 Å². The Hall–Kier alpha value is -2.95. The Morgan fingerprint density at radius 3 is 2.61 bits per heavy atom. The average molecular weight is 449 g/mol. The molecule has 1 aliphatic carbocycles. The number of halogens is 1. The molecule has 4 N–H and O–H groups in total. The number of carbonyl (C=O) groups excluding carboxylic acids is 1. The lowest BCUT2D eigenvalue weighted by Gasteiger charge is -2.25. The molecule has 1 aromatic heterocycles. The topological polar surface area (TPSA) is 130 Å². The zero-order valence-electron chi connectivity index (χ0n) is 16.9. The molecule has 1 aliphatic heterocycles. The first-order valence-electron chi connectivity index (χ1n) is 10.3. The molecular weight excluding hydrogens is 423 g/mol. The van der Waals surface area contributed by atoms with Crippen LogP contribution < -0.4 is 21.3 Å². The molecule has 31 heavy (non-hydrogen) atoms. The number of aromatic nitrogens is 2. The standard InChI is InChI=1S/C20H25FN6O3S/c21-31(29,30)15-7-3-13(4-8-15)9-10-23-19(28)16-2-1-11-27(16)18-12-17(24-14-5-6-14)25-20(22)26-18/h3-4,7-8,12,14,16H,1-2,5-6,9-11H2,(H,23,28)(H3,22,24,25,26). The van der Waals surface area contributed by atoms with Gasteiger partial charge in [0.15, 0.2) is 0 Å². The highest BCUT2D eigenvalue weighted by atomic mass is 32.3. The van der Waals surface area contributed by atoms with Crippen LogP contribution in [-0.4, -0.2) is 49.5 Å². The lowest BCUT2D eigenvalue weighted by molar-refractivity contribution is -0.122. The van der Waals surface area contributed by atoms with Crippen LogP contribution in [0.5, 0.6) is 0 Å². The van der Waals surface area contributed by atoms with Gasteiger partial charge >= 0.3 is 10.2 Å². The Morgan fingerprint density at radius 2 is 1.94 bits per heavy atom. The van der Waals surface area contributed by atoms with Crippen molar-refractivity contribution in [3.63, 3.8) is 0 Å². The molecule has 1 amide bonds. The van der Waals surface area contributed by atoms with E-state index < -0.39 is 10.2 Å². The van der Waals surface area contributed by atoms with Crippen molar-refractivity contribution in [2.24, 2.45) is 0 Å². The summed E-state index contributed by atoms with van der Waals surface area (Å²) in [5.74, 6) is 1.38. The minimum Gasteiger partial charge on any atom is -0.368 e. The van der Waals surface area contributed by atoms with E-state index in [9.17, 15) is 17.1 Å². The molecule has 2 fully saturated rings. The van der Waals surface area contributed by atoms with Gasteiger partial charge in [0.05, 0.1) is 4.90 Å². The van der Waals surface area contributed by atoms with Crippen LogP contribution in [0.3, 0.4) is 0 Å². The monoisotopic (exact) mass is 448 g/mol. The van der Waals surface area contributed by atoms with E-state index in [1.807, 2.05) is 11.0 Å². The van der Waals surface area contributed by atoms with Gasteiger partial charge in [-0.25, -0.2) is 0 Å². The first-order chi connectivity index (χ1) is 14.8. The van der Waals surface area contributed by atoms with E-state index in [1.165, 1.54) is 12.1 Å². The molecule has 1 atom stereocenters. The van der Waals surface area contributed by atoms with Gasteiger partial charge in [0.1, 0.15) is 17.7 Å². The minimum atomic E-state index is -4.71. The molecule has 0 spiro atoms. The second kappa shape index (κ2) is 8.66. The van der Waals surface area contributed by atoms with Crippen LogP contribution in [0.4, 0.5) is 21.5 Å². The highest BCUT2D eigenvalue weighted by Gasteiger charge is 2.32. The first kappa shape index (κ1) is 21.3. The fourth-order valence-corrected chi connectivity index (χ4v) is 4.15. The smallest absolute Gasteiger partial charge is 0.332 e. The molecule has 1 unspecified atom stereocenters. The van der Waals surface area contributed by atoms with Gasteiger partial charge in [-0.15, -0.1) is 3.89 Å². The fourth-order valence-electron chi connectivity index (χ4n) is 3.69. The molecule has 1 aromatic carbocycles.